The molecule has 0 spiro atoms. The van der Waals surface area contributed by atoms with Crippen molar-refractivity contribution in [3.63, 3.8) is 0 Å². The molecule has 2 aromatic rings. The molecule has 1 heterocycles. The molecule has 1 aliphatic rings. The third-order valence-electron chi connectivity index (χ3n) is 5.42. The van der Waals surface area contributed by atoms with Crippen LogP contribution in [0.25, 0.3) is 0 Å². The van der Waals surface area contributed by atoms with Crippen LogP contribution in [0.3, 0.4) is 0 Å². The van der Waals surface area contributed by atoms with Gasteiger partial charge in [0.1, 0.15) is 0 Å². The maximum absolute atomic E-state index is 13.3. The number of amides is 1. The van der Waals surface area contributed by atoms with E-state index < -0.39 is 15.6 Å². The van der Waals surface area contributed by atoms with E-state index in [1.54, 1.807) is 0 Å². The van der Waals surface area contributed by atoms with Crippen molar-refractivity contribution in [1.29, 1.82) is 0 Å². The van der Waals surface area contributed by atoms with Gasteiger partial charge in [0.2, 0.25) is 5.91 Å². The summed E-state index contributed by atoms with van der Waals surface area (Å²) in [5.41, 5.74) is 1.24. The minimum absolute atomic E-state index is 0.0514. The van der Waals surface area contributed by atoms with E-state index in [1.165, 1.54) is 22.7 Å². The number of piperidine rings is 1. The molecule has 1 saturated heterocycles. The van der Waals surface area contributed by atoms with Crippen molar-refractivity contribution in [2.75, 3.05) is 27.2 Å². The van der Waals surface area contributed by atoms with Gasteiger partial charge in [-0.15, -0.1) is 0 Å². The van der Waals surface area contributed by atoms with E-state index in [0.717, 1.165) is 11.1 Å². The van der Waals surface area contributed by atoms with Gasteiger partial charge in [-0.25, -0.2) is 0 Å². The zero-order valence-electron chi connectivity index (χ0n) is 16.3. The summed E-state index contributed by atoms with van der Waals surface area (Å²) in [5.74, 6) is -0.0514. The standard InChI is InChI=1S/C21H27N3O3S/c1-23(2)28(26,27)24-15-13-21(14-16-24,19-11-7-4-8-12-19)20(25)22-17-18-9-5-3-6-10-18/h3-12H,13-17H2,1-2H3,(H,22,25). The lowest BCUT2D eigenvalue weighted by molar-refractivity contribution is -0.128. The van der Waals surface area contributed by atoms with Gasteiger partial charge in [-0.2, -0.15) is 17.0 Å². The summed E-state index contributed by atoms with van der Waals surface area (Å²) in [6.45, 7) is 1.08. The van der Waals surface area contributed by atoms with Crippen LogP contribution in [0.5, 0.6) is 0 Å². The first-order valence-corrected chi connectivity index (χ1v) is 10.8. The van der Waals surface area contributed by atoms with E-state index in [2.05, 4.69) is 5.32 Å². The van der Waals surface area contributed by atoms with E-state index in [9.17, 15) is 13.2 Å². The highest BCUT2D eigenvalue weighted by Gasteiger charge is 2.45. The first-order valence-electron chi connectivity index (χ1n) is 9.42. The molecule has 1 amide bonds. The third-order valence-corrected chi connectivity index (χ3v) is 7.36. The van der Waals surface area contributed by atoms with Crippen molar-refractivity contribution in [3.05, 3.63) is 71.8 Å². The van der Waals surface area contributed by atoms with Crippen LogP contribution < -0.4 is 5.32 Å². The van der Waals surface area contributed by atoms with Crippen molar-refractivity contribution in [1.82, 2.24) is 13.9 Å². The van der Waals surface area contributed by atoms with Crippen LogP contribution >= 0.6 is 0 Å². The van der Waals surface area contributed by atoms with Gasteiger partial charge in [-0.05, 0) is 24.0 Å². The molecule has 0 unspecified atom stereocenters. The molecule has 28 heavy (non-hydrogen) atoms. The summed E-state index contributed by atoms with van der Waals surface area (Å²) in [7, 11) is -0.421. The second-order valence-electron chi connectivity index (χ2n) is 7.31. The fourth-order valence-electron chi connectivity index (χ4n) is 3.68. The van der Waals surface area contributed by atoms with Gasteiger partial charge in [0.05, 0.1) is 5.41 Å². The Bertz CT molecular complexity index is 891. The Morgan fingerprint density at radius 1 is 1.00 bits per heavy atom. The van der Waals surface area contributed by atoms with Crippen LogP contribution in [0.1, 0.15) is 24.0 Å². The Morgan fingerprint density at radius 3 is 2.07 bits per heavy atom. The Kier molecular flexibility index (Phi) is 6.17. The molecule has 0 aliphatic carbocycles. The van der Waals surface area contributed by atoms with E-state index in [4.69, 9.17) is 0 Å². The summed E-state index contributed by atoms with van der Waals surface area (Å²) in [6.07, 6.45) is 0.898. The fourth-order valence-corrected chi connectivity index (χ4v) is 4.79. The van der Waals surface area contributed by atoms with Crippen LogP contribution in [0.15, 0.2) is 60.7 Å². The first kappa shape index (κ1) is 20.5. The SMILES string of the molecule is CN(C)S(=O)(=O)N1CCC(C(=O)NCc2ccccc2)(c2ccccc2)CC1. The Hall–Kier alpha value is -2.22. The number of nitrogens with zero attached hydrogens (tertiary/aromatic N) is 2. The van der Waals surface area contributed by atoms with Gasteiger partial charge in [-0.1, -0.05) is 60.7 Å². The van der Waals surface area contributed by atoms with Crippen molar-refractivity contribution in [2.45, 2.75) is 24.8 Å². The summed E-state index contributed by atoms with van der Waals surface area (Å²) in [5, 5.41) is 3.07. The van der Waals surface area contributed by atoms with E-state index in [1.807, 2.05) is 60.7 Å². The molecule has 6 nitrogen and oxygen atoms in total. The number of carbonyl (C=O) groups excluding carboxylic acids is 1. The van der Waals surface area contributed by atoms with E-state index in [-0.39, 0.29) is 5.91 Å². The van der Waals surface area contributed by atoms with Crippen LogP contribution in [0.2, 0.25) is 0 Å². The van der Waals surface area contributed by atoms with Gasteiger partial charge >= 0.3 is 0 Å². The molecular formula is C21H27N3O3S. The second-order valence-corrected chi connectivity index (χ2v) is 9.45. The maximum atomic E-state index is 13.3. The highest BCUT2D eigenvalue weighted by atomic mass is 32.2. The summed E-state index contributed by atoms with van der Waals surface area (Å²) in [4.78, 5) is 13.3. The average Bonchev–Trinajstić information content (AvgIpc) is 2.73. The lowest BCUT2D eigenvalue weighted by Gasteiger charge is -2.41. The van der Waals surface area contributed by atoms with Gasteiger partial charge in [0.25, 0.3) is 10.2 Å². The predicted octanol–water partition coefficient (Wildman–Crippen LogP) is 2.14. The van der Waals surface area contributed by atoms with E-state index >= 15 is 0 Å². The Labute approximate surface area is 167 Å². The molecule has 0 aromatic heterocycles. The molecular weight excluding hydrogens is 374 g/mol. The molecule has 1 fully saturated rings. The molecule has 1 aliphatic heterocycles. The number of carbonyl (C=O) groups is 1. The van der Waals surface area contributed by atoms with Crippen molar-refractivity contribution in [3.8, 4) is 0 Å². The number of hydrogen-bond acceptors (Lipinski definition) is 3. The van der Waals surface area contributed by atoms with Crippen molar-refractivity contribution in [2.24, 2.45) is 0 Å². The topological polar surface area (TPSA) is 69.7 Å². The minimum Gasteiger partial charge on any atom is -0.351 e. The molecule has 150 valence electrons. The van der Waals surface area contributed by atoms with Crippen molar-refractivity contribution < 1.29 is 13.2 Å². The van der Waals surface area contributed by atoms with E-state index in [0.29, 0.717) is 32.5 Å². The van der Waals surface area contributed by atoms with Crippen LogP contribution in [0, 0.1) is 0 Å². The highest BCUT2D eigenvalue weighted by Crippen LogP contribution is 2.37. The van der Waals surface area contributed by atoms with Gasteiger partial charge in [0, 0.05) is 33.7 Å². The number of hydrogen-bond donors (Lipinski definition) is 1. The predicted molar refractivity (Wildman–Crippen MR) is 110 cm³/mol. The number of benzene rings is 2. The van der Waals surface area contributed by atoms with Crippen LogP contribution in [-0.2, 0) is 27.0 Å². The Balaban J connectivity index is 1.81. The molecule has 2 aromatic carbocycles. The molecule has 0 saturated carbocycles. The molecule has 3 rings (SSSR count). The largest absolute Gasteiger partial charge is 0.351 e. The molecule has 7 heteroatoms. The lowest BCUT2D eigenvalue weighted by Crippen LogP contribution is -2.54. The second kappa shape index (κ2) is 8.43. The number of rotatable bonds is 6. The minimum atomic E-state index is -3.48. The average molecular weight is 402 g/mol. The van der Waals surface area contributed by atoms with Gasteiger partial charge in [-0.3, -0.25) is 4.79 Å². The normalized spacial score (nSPS) is 17.4. The summed E-state index contributed by atoms with van der Waals surface area (Å²) in [6, 6.07) is 19.5. The maximum Gasteiger partial charge on any atom is 0.281 e. The Morgan fingerprint density at radius 2 is 1.54 bits per heavy atom. The summed E-state index contributed by atoms with van der Waals surface area (Å²) < 4.78 is 27.6. The monoisotopic (exact) mass is 401 g/mol. The fraction of sp³-hybridized carbons (Fsp3) is 0.381. The zero-order valence-corrected chi connectivity index (χ0v) is 17.2. The quantitative estimate of drug-likeness (QED) is 0.806. The van der Waals surface area contributed by atoms with Crippen LogP contribution in [-0.4, -0.2) is 50.1 Å². The first-order chi connectivity index (χ1) is 13.4. The van der Waals surface area contributed by atoms with Crippen LogP contribution in [0.4, 0.5) is 0 Å². The lowest BCUT2D eigenvalue weighted by atomic mass is 9.72. The highest BCUT2D eigenvalue weighted by molar-refractivity contribution is 7.86. The van der Waals surface area contributed by atoms with Crippen molar-refractivity contribution >= 4 is 16.1 Å². The molecule has 0 radical (unpaired) electrons. The molecule has 0 bridgehead atoms. The van der Waals surface area contributed by atoms with Gasteiger partial charge in [0.15, 0.2) is 0 Å². The molecule has 1 N–H and O–H groups in total. The summed E-state index contributed by atoms with van der Waals surface area (Å²) >= 11 is 0. The number of nitrogens with one attached hydrogen (secondary N) is 1. The smallest absolute Gasteiger partial charge is 0.281 e. The van der Waals surface area contributed by atoms with Gasteiger partial charge < -0.3 is 5.32 Å². The zero-order chi connectivity index (χ0) is 20.2. The third kappa shape index (κ3) is 4.11. The molecule has 0 atom stereocenters.